The third-order valence-electron chi connectivity index (χ3n) is 4.07. The minimum atomic E-state index is -3.97. The van der Waals surface area contributed by atoms with E-state index < -0.39 is 39.7 Å². The van der Waals surface area contributed by atoms with E-state index in [0.29, 0.717) is 11.0 Å². The number of esters is 1. The summed E-state index contributed by atoms with van der Waals surface area (Å²) in [6.07, 6.45) is -1.27. The predicted octanol–water partition coefficient (Wildman–Crippen LogP) is 0.397. The number of rotatable bonds is 6. The SMILES string of the molecule is CC(OC(=O)c1ccc(NS(=O)(=O)c2ccc3[nH]c(=O)[nH]c3c2)cc1)C(=O)NC(N)=O. The molecule has 1 unspecified atom stereocenters. The van der Waals surface area contributed by atoms with Crippen molar-refractivity contribution in [1.82, 2.24) is 15.3 Å². The molecule has 1 heterocycles. The van der Waals surface area contributed by atoms with Crippen molar-refractivity contribution in [2.45, 2.75) is 17.9 Å². The molecule has 0 radical (unpaired) electrons. The number of urea groups is 1. The minimum absolute atomic E-state index is 0.0491. The van der Waals surface area contributed by atoms with Crippen LogP contribution in [0.3, 0.4) is 0 Å². The Bertz CT molecular complexity index is 1330. The first-order valence-corrected chi connectivity index (χ1v) is 10.2. The lowest BCUT2D eigenvalue weighted by molar-refractivity contribution is -0.127. The molecule has 1 atom stereocenters. The van der Waals surface area contributed by atoms with E-state index >= 15 is 0 Å². The largest absolute Gasteiger partial charge is 0.449 e. The summed E-state index contributed by atoms with van der Waals surface area (Å²) in [6.45, 7) is 1.26. The summed E-state index contributed by atoms with van der Waals surface area (Å²) >= 11 is 0. The third-order valence-corrected chi connectivity index (χ3v) is 5.45. The molecule has 3 aromatic rings. The monoisotopic (exact) mass is 447 g/mol. The Morgan fingerprint density at radius 1 is 1.03 bits per heavy atom. The van der Waals surface area contributed by atoms with Gasteiger partial charge in [-0.2, -0.15) is 0 Å². The Kier molecular flexibility index (Phi) is 5.79. The number of sulfonamides is 1. The highest BCUT2D eigenvalue weighted by Gasteiger charge is 2.20. The van der Waals surface area contributed by atoms with Crippen LogP contribution in [0.15, 0.2) is 52.2 Å². The van der Waals surface area contributed by atoms with Crippen molar-refractivity contribution < 1.29 is 27.5 Å². The first-order valence-electron chi connectivity index (χ1n) is 8.71. The number of ether oxygens (including phenoxy) is 1. The normalized spacial score (nSPS) is 12.2. The van der Waals surface area contributed by atoms with E-state index in [9.17, 15) is 27.6 Å². The zero-order valence-corrected chi connectivity index (χ0v) is 16.8. The van der Waals surface area contributed by atoms with Gasteiger partial charge in [0, 0.05) is 5.69 Å². The van der Waals surface area contributed by atoms with E-state index in [1.165, 1.54) is 49.4 Å². The maximum Gasteiger partial charge on any atom is 0.338 e. The molecule has 12 nitrogen and oxygen atoms in total. The number of nitrogens with two attached hydrogens (primary N) is 1. The van der Waals surface area contributed by atoms with Gasteiger partial charge in [-0.25, -0.2) is 22.8 Å². The van der Waals surface area contributed by atoms with Gasteiger partial charge < -0.3 is 20.4 Å². The van der Waals surface area contributed by atoms with Gasteiger partial charge in [-0.3, -0.25) is 14.8 Å². The number of aromatic nitrogens is 2. The first kappa shape index (κ1) is 21.6. The van der Waals surface area contributed by atoms with Crippen LogP contribution in [0.2, 0.25) is 0 Å². The van der Waals surface area contributed by atoms with Crippen LogP contribution < -0.4 is 21.5 Å². The summed E-state index contributed by atoms with van der Waals surface area (Å²) < 4.78 is 32.5. The number of anilines is 1. The number of benzene rings is 2. The molecule has 13 heteroatoms. The molecule has 0 aliphatic heterocycles. The van der Waals surface area contributed by atoms with E-state index in [1.807, 2.05) is 0 Å². The smallest absolute Gasteiger partial charge is 0.338 e. The molecule has 0 spiro atoms. The third kappa shape index (κ3) is 5.08. The average molecular weight is 447 g/mol. The number of hydrogen-bond donors (Lipinski definition) is 5. The molecule has 6 N–H and O–H groups in total. The highest BCUT2D eigenvalue weighted by Crippen LogP contribution is 2.19. The van der Waals surface area contributed by atoms with Gasteiger partial charge >= 0.3 is 17.7 Å². The van der Waals surface area contributed by atoms with Crippen LogP contribution in [0, 0.1) is 0 Å². The lowest BCUT2D eigenvalue weighted by Crippen LogP contribution is -2.42. The van der Waals surface area contributed by atoms with E-state index in [0.717, 1.165) is 0 Å². The lowest BCUT2D eigenvalue weighted by Gasteiger charge is -2.12. The molecule has 3 rings (SSSR count). The summed E-state index contributed by atoms with van der Waals surface area (Å²) in [5.74, 6) is -1.74. The highest BCUT2D eigenvalue weighted by molar-refractivity contribution is 7.92. The molecule has 31 heavy (non-hydrogen) atoms. The Balaban J connectivity index is 1.70. The molecule has 0 aliphatic carbocycles. The van der Waals surface area contributed by atoms with Crippen LogP contribution in [0.1, 0.15) is 17.3 Å². The number of aromatic amines is 2. The number of carbonyl (C=O) groups excluding carboxylic acids is 3. The highest BCUT2D eigenvalue weighted by atomic mass is 32.2. The van der Waals surface area contributed by atoms with E-state index in [4.69, 9.17) is 10.5 Å². The second-order valence-corrected chi connectivity index (χ2v) is 8.05. The molecule has 2 aromatic carbocycles. The van der Waals surface area contributed by atoms with Crippen molar-refractivity contribution >= 4 is 44.7 Å². The summed E-state index contributed by atoms with van der Waals surface area (Å²) in [5.41, 5.74) is 5.38. The Morgan fingerprint density at radius 3 is 2.32 bits per heavy atom. The standard InChI is InChI=1S/C18H17N5O7S/c1-9(15(24)22-17(19)26)30-16(25)10-2-4-11(5-3-10)23-31(28,29)12-6-7-13-14(8-12)21-18(27)20-13/h2-9,23H,1H3,(H2,20,21,27)(H3,19,22,24,26). The number of hydrogen-bond acceptors (Lipinski definition) is 7. The topological polar surface area (TPSA) is 193 Å². The van der Waals surface area contributed by atoms with Crippen LogP contribution in [0.4, 0.5) is 10.5 Å². The van der Waals surface area contributed by atoms with Gasteiger partial charge in [-0.15, -0.1) is 0 Å². The molecule has 0 saturated heterocycles. The number of primary amides is 1. The molecule has 1 aromatic heterocycles. The number of nitrogens with one attached hydrogen (secondary N) is 4. The van der Waals surface area contributed by atoms with Crippen LogP contribution >= 0.6 is 0 Å². The lowest BCUT2D eigenvalue weighted by atomic mass is 10.2. The van der Waals surface area contributed by atoms with Crippen molar-refractivity contribution in [1.29, 1.82) is 0 Å². The number of imide groups is 1. The van der Waals surface area contributed by atoms with Gasteiger partial charge in [0.05, 0.1) is 21.5 Å². The predicted molar refractivity (Wildman–Crippen MR) is 109 cm³/mol. The maximum absolute atomic E-state index is 12.6. The molecule has 0 aliphatic rings. The molecule has 3 amide bonds. The minimum Gasteiger partial charge on any atom is -0.449 e. The second-order valence-electron chi connectivity index (χ2n) is 6.37. The van der Waals surface area contributed by atoms with Crippen molar-refractivity contribution in [2.24, 2.45) is 5.73 Å². The number of imidazole rings is 1. The molecule has 0 fully saturated rings. The van der Waals surface area contributed by atoms with Gasteiger partial charge in [0.25, 0.3) is 15.9 Å². The molecule has 162 valence electrons. The van der Waals surface area contributed by atoms with Crippen LogP contribution in [0.5, 0.6) is 0 Å². The van der Waals surface area contributed by atoms with Crippen LogP contribution in [-0.2, 0) is 19.6 Å². The van der Waals surface area contributed by atoms with Crippen LogP contribution in [-0.4, -0.2) is 42.4 Å². The van der Waals surface area contributed by atoms with Gasteiger partial charge in [0.15, 0.2) is 6.10 Å². The van der Waals surface area contributed by atoms with E-state index in [-0.39, 0.29) is 16.1 Å². The summed E-state index contributed by atoms with van der Waals surface area (Å²) in [7, 11) is -3.97. The van der Waals surface area contributed by atoms with Crippen molar-refractivity contribution in [2.75, 3.05) is 4.72 Å². The van der Waals surface area contributed by atoms with E-state index in [2.05, 4.69) is 14.7 Å². The summed E-state index contributed by atoms with van der Waals surface area (Å²) in [4.78, 5) is 50.6. The molecular weight excluding hydrogens is 430 g/mol. The molecule has 0 saturated carbocycles. The fourth-order valence-corrected chi connectivity index (χ4v) is 3.66. The Morgan fingerprint density at radius 2 is 1.68 bits per heavy atom. The first-order chi connectivity index (χ1) is 14.5. The fourth-order valence-electron chi connectivity index (χ4n) is 2.57. The van der Waals surface area contributed by atoms with Gasteiger partial charge in [0.2, 0.25) is 0 Å². The fraction of sp³-hybridized carbons (Fsp3) is 0.111. The van der Waals surface area contributed by atoms with E-state index in [1.54, 1.807) is 5.32 Å². The Labute approximate surface area is 174 Å². The second kappa shape index (κ2) is 8.31. The zero-order chi connectivity index (χ0) is 22.8. The van der Waals surface area contributed by atoms with Crippen molar-refractivity contribution in [3.63, 3.8) is 0 Å². The number of H-pyrrole nitrogens is 2. The van der Waals surface area contributed by atoms with Crippen molar-refractivity contribution in [3.8, 4) is 0 Å². The number of amides is 3. The van der Waals surface area contributed by atoms with Crippen molar-refractivity contribution in [3.05, 3.63) is 58.5 Å². The number of fused-ring (bicyclic) bond motifs is 1. The average Bonchev–Trinajstić information content (AvgIpc) is 3.06. The Hall–Kier alpha value is -4.13. The molecule has 0 bridgehead atoms. The quantitative estimate of drug-likeness (QED) is 0.337. The summed E-state index contributed by atoms with van der Waals surface area (Å²) in [5, 5.41) is 1.79. The maximum atomic E-state index is 12.6. The number of carbonyl (C=O) groups is 3. The zero-order valence-electron chi connectivity index (χ0n) is 16.0. The molecular formula is C18H17N5O7S. The summed E-state index contributed by atoms with van der Waals surface area (Å²) in [6, 6.07) is 8.27. The van der Waals surface area contributed by atoms with Crippen LogP contribution in [0.25, 0.3) is 11.0 Å². The van der Waals surface area contributed by atoms with Gasteiger partial charge in [-0.1, -0.05) is 0 Å². The van der Waals surface area contributed by atoms with Gasteiger partial charge in [0.1, 0.15) is 0 Å². The van der Waals surface area contributed by atoms with Gasteiger partial charge in [-0.05, 0) is 49.4 Å².